The number of hydrogen-bond acceptors (Lipinski definition) is 6. The van der Waals surface area contributed by atoms with E-state index in [0.29, 0.717) is 11.1 Å². The summed E-state index contributed by atoms with van der Waals surface area (Å²) in [5.74, 6) is -0.438. The largest absolute Gasteiger partial charge is 0.493 e. The third kappa shape index (κ3) is 3.72. The molecule has 4 rings (SSSR count). The number of anilines is 2. The van der Waals surface area contributed by atoms with Crippen molar-refractivity contribution in [3.63, 3.8) is 0 Å². The lowest BCUT2D eigenvalue weighted by atomic mass is 10.1. The SMILES string of the molecule is COc1ccc2c(Nc3c(Cl)cncc3Cl)c(F)c(=O)oc2c1OC1CCCC1. The molecule has 1 aliphatic carbocycles. The second kappa shape index (κ2) is 8.08. The Morgan fingerprint density at radius 2 is 1.86 bits per heavy atom. The van der Waals surface area contributed by atoms with Gasteiger partial charge in [0.25, 0.3) is 0 Å². The van der Waals surface area contributed by atoms with Crippen LogP contribution in [0.2, 0.25) is 10.0 Å². The van der Waals surface area contributed by atoms with Gasteiger partial charge in [-0.05, 0) is 37.8 Å². The standard InChI is InChI=1S/C20H17Cl2FN2O4/c1-27-14-7-6-11-16(25-17-12(21)8-24-9-13(17)22)15(23)20(26)29-18(11)19(14)28-10-4-2-3-5-10/h6-10H,2-5H2,1H3,(H,24,25). The Bertz CT molecular complexity index is 1110. The van der Waals surface area contributed by atoms with Crippen molar-refractivity contribution in [2.45, 2.75) is 31.8 Å². The lowest BCUT2D eigenvalue weighted by molar-refractivity contribution is 0.200. The molecule has 1 N–H and O–H groups in total. The van der Waals surface area contributed by atoms with E-state index in [4.69, 9.17) is 37.1 Å². The van der Waals surface area contributed by atoms with Crippen LogP contribution in [0.5, 0.6) is 11.5 Å². The minimum atomic E-state index is -1.15. The second-order valence-corrected chi connectivity index (χ2v) is 7.49. The van der Waals surface area contributed by atoms with Gasteiger partial charge in [0.05, 0.1) is 34.6 Å². The summed E-state index contributed by atoms with van der Waals surface area (Å²) in [7, 11) is 1.49. The maximum Gasteiger partial charge on any atom is 0.374 e. The number of nitrogens with zero attached hydrogens (tertiary/aromatic N) is 1. The van der Waals surface area contributed by atoms with E-state index in [0.717, 1.165) is 25.7 Å². The summed E-state index contributed by atoms with van der Waals surface area (Å²) in [6.45, 7) is 0. The molecule has 1 aromatic carbocycles. The molecule has 1 fully saturated rings. The molecule has 0 spiro atoms. The molecule has 9 heteroatoms. The first kappa shape index (κ1) is 19.8. The van der Waals surface area contributed by atoms with Crippen LogP contribution in [0.4, 0.5) is 15.8 Å². The maximum absolute atomic E-state index is 14.8. The monoisotopic (exact) mass is 438 g/mol. The second-order valence-electron chi connectivity index (χ2n) is 6.68. The third-order valence-electron chi connectivity index (χ3n) is 4.85. The number of pyridine rings is 1. The number of halogens is 3. The zero-order chi connectivity index (χ0) is 20.5. The molecule has 0 atom stereocenters. The molecule has 2 aromatic heterocycles. The zero-order valence-electron chi connectivity index (χ0n) is 15.4. The Hall–Kier alpha value is -2.51. The van der Waals surface area contributed by atoms with Crippen molar-refractivity contribution < 1.29 is 18.3 Å². The fourth-order valence-corrected chi connectivity index (χ4v) is 3.88. The normalized spacial score (nSPS) is 14.3. The number of benzene rings is 1. The van der Waals surface area contributed by atoms with E-state index in [9.17, 15) is 9.18 Å². The van der Waals surface area contributed by atoms with Crippen molar-refractivity contribution in [1.82, 2.24) is 4.98 Å². The molecule has 152 valence electrons. The molecule has 0 unspecified atom stereocenters. The van der Waals surface area contributed by atoms with Gasteiger partial charge in [0.1, 0.15) is 0 Å². The molecular weight excluding hydrogens is 422 g/mol. The lowest BCUT2D eigenvalue weighted by Crippen LogP contribution is -2.14. The summed E-state index contributed by atoms with van der Waals surface area (Å²) in [5, 5.41) is 3.46. The van der Waals surface area contributed by atoms with Gasteiger partial charge in [0, 0.05) is 17.8 Å². The van der Waals surface area contributed by atoms with Crippen molar-refractivity contribution in [2.24, 2.45) is 0 Å². The lowest BCUT2D eigenvalue weighted by Gasteiger charge is -2.18. The van der Waals surface area contributed by atoms with Crippen molar-refractivity contribution in [1.29, 1.82) is 0 Å². The van der Waals surface area contributed by atoms with Gasteiger partial charge < -0.3 is 19.2 Å². The highest BCUT2D eigenvalue weighted by Gasteiger charge is 2.25. The number of hydrogen-bond donors (Lipinski definition) is 1. The molecular formula is C20H17Cl2FN2O4. The third-order valence-corrected chi connectivity index (χ3v) is 5.42. The predicted molar refractivity (Wildman–Crippen MR) is 109 cm³/mol. The minimum Gasteiger partial charge on any atom is -0.493 e. The predicted octanol–water partition coefficient (Wildman–Crippen LogP) is 5.71. The van der Waals surface area contributed by atoms with E-state index in [1.807, 2.05) is 0 Å². The van der Waals surface area contributed by atoms with Crippen molar-refractivity contribution >= 4 is 45.5 Å². The van der Waals surface area contributed by atoms with Gasteiger partial charge in [-0.3, -0.25) is 4.98 Å². The van der Waals surface area contributed by atoms with Gasteiger partial charge in [-0.2, -0.15) is 4.39 Å². The molecule has 6 nitrogen and oxygen atoms in total. The Kier molecular flexibility index (Phi) is 5.52. The highest BCUT2D eigenvalue weighted by atomic mass is 35.5. The zero-order valence-corrected chi connectivity index (χ0v) is 16.9. The number of nitrogens with one attached hydrogen (secondary N) is 1. The topological polar surface area (TPSA) is 73.6 Å². The van der Waals surface area contributed by atoms with Gasteiger partial charge in [0.2, 0.25) is 11.6 Å². The van der Waals surface area contributed by atoms with Gasteiger partial charge in [0.15, 0.2) is 11.3 Å². The Morgan fingerprint density at radius 3 is 2.52 bits per heavy atom. The summed E-state index contributed by atoms with van der Waals surface area (Å²) in [5.41, 5.74) is -0.953. The van der Waals surface area contributed by atoms with E-state index >= 15 is 0 Å². The number of fused-ring (bicyclic) bond motifs is 1. The first-order valence-corrected chi connectivity index (χ1v) is 9.81. The van der Waals surface area contributed by atoms with Gasteiger partial charge in [-0.25, -0.2) is 4.79 Å². The molecule has 2 heterocycles. The van der Waals surface area contributed by atoms with E-state index in [-0.39, 0.29) is 38.9 Å². The fourth-order valence-electron chi connectivity index (χ4n) is 3.42. The van der Waals surface area contributed by atoms with Gasteiger partial charge in [-0.1, -0.05) is 23.2 Å². The number of rotatable bonds is 5. The Labute approximate surface area is 175 Å². The molecule has 3 aromatic rings. The van der Waals surface area contributed by atoms with Crippen LogP contribution in [-0.4, -0.2) is 18.2 Å². The van der Waals surface area contributed by atoms with Crippen LogP contribution in [0, 0.1) is 5.82 Å². The minimum absolute atomic E-state index is 0.0228. The Balaban J connectivity index is 1.90. The molecule has 0 radical (unpaired) electrons. The van der Waals surface area contributed by atoms with Crippen LogP contribution in [-0.2, 0) is 0 Å². The van der Waals surface area contributed by atoms with Crippen LogP contribution in [0.25, 0.3) is 11.0 Å². The van der Waals surface area contributed by atoms with E-state index < -0.39 is 11.4 Å². The van der Waals surface area contributed by atoms with Gasteiger partial charge in [-0.15, -0.1) is 0 Å². The number of methoxy groups -OCH3 is 1. The highest BCUT2D eigenvalue weighted by Crippen LogP contribution is 2.42. The van der Waals surface area contributed by atoms with Crippen LogP contribution < -0.4 is 20.4 Å². The maximum atomic E-state index is 14.8. The van der Waals surface area contributed by atoms with Crippen LogP contribution in [0.15, 0.2) is 33.7 Å². The van der Waals surface area contributed by atoms with E-state index in [1.165, 1.54) is 19.5 Å². The molecule has 0 bridgehead atoms. The summed E-state index contributed by atoms with van der Waals surface area (Å²) >= 11 is 12.3. The number of ether oxygens (including phenoxy) is 2. The smallest absolute Gasteiger partial charge is 0.374 e. The molecule has 0 saturated heterocycles. The Morgan fingerprint density at radius 1 is 1.17 bits per heavy atom. The average molecular weight is 439 g/mol. The highest BCUT2D eigenvalue weighted by molar-refractivity contribution is 6.39. The van der Waals surface area contributed by atoms with Crippen LogP contribution >= 0.6 is 23.2 Å². The van der Waals surface area contributed by atoms with Crippen LogP contribution in [0.3, 0.4) is 0 Å². The molecule has 29 heavy (non-hydrogen) atoms. The first-order valence-electron chi connectivity index (χ1n) is 9.05. The van der Waals surface area contributed by atoms with E-state index in [1.54, 1.807) is 12.1 Å². The molecule has 1 saturated carbocycles. The quantitative estimate of drug-likeness (QED) is 0.514. The van der Waals surface area contributed by atoms with Gasteiger partial charge >= 0.3 is 5.63 Å². The number of aromatic nitrogens is 1. The van der Waals surface area contributed by atoms with Crippen LogP contribution in [0.1, 0.15) is 25.7 Å². The molecule has 1 aliphatic rings. The van der Waals surface area contributed by atoms with Crippen molar-refractivity contribution in [3.05, 3.63) is 50.8 Å². The first-order chi connectivity index (χ1) is 14.0. The average Bonchev–Trinajstić information content (AvgIpc) is 3.21. The van der Waals surface area contributed by atoms with Crippen molar-refractivity contribution in [3.8, 4) is 11.5 Å². The molecule has 0 amide bonds. The van der Waals surface area contributed by atoms with Crippen molar-refractivity contribution in [2.75, 3.05) is 12.4 Å². The summed E-state index contributed by atoms with van der Waals surface area (Å²) in [4.78, 5) is 16.1. The molecule has 0 aliphatic heterocycles. The van der Waals surface area contributed by atoms with E-state index in [2.05, 4.69) is 10.3 Å². The summed E-state index contributed by atoms with van der Waals surface area (Å²) < 4.78 is 31.5. The summed E-state index contributed by atoms with van der Waals surface area (Å²) in [6, 6.07) is 3.21. The summed E-state index contributed by atoms with van der Waals surface area (Å²) in [6.07, 6.45) is 6.59. The fraction of sp³-hybridized carbons (Fsp3) is 0.300.